The van der Waals surface area contributed by atoms with Gasteiger partial charge in [0.1, 0.15) is 12.2 Å². The Hall–Kier alpha value is -4.64. The standard InChI is InChI=1S/C25H26N4O7/c1-16-9-10-18(27-25(31)26-17-7-5-4-6-8-17)13-20(16)28-24(30)19-14-22(35-3)23(36-12-11-34-2)15-21(19)29(32)33/h4-10,13-15H,11-12H2,1-3H3,(H,28,30)(H2,26,27,31). The number of carbonyl (C=O) groups is 2. The monoisotopic (exact) mass is 494 g/mol. The van der Waals surface area contributed by atoms with Gasteiger partial charge in [0.2, 0.25) is 0 Å². The summed E-state index contributed by atoms with van der Waals surface area (Å²) in [5.41, 5.74) is 1.42. The zero-order chi connectivity index (χ0) is 26.1. The second kappa shape index (κ2) is 12.2. The Morgan fingerprint density at radius 3 is 2.28 bits per heavy atom. The molecule has 0 aliphatic rings. The highest BCUT2D eigenvalue weighted by atomic mass is 16.6. The van der Waals surface area contributed by atoms with Crippen LogP contribution in [-0.4, -0.2) is 44.3 Å². The molecule has 0 saturated carbocycles. The van der Waals surface area contributed by atoms with Crippen LogP contribution in [0.2, 0.25) is 0 Å². The molecule has 0 atom stereocenters. The van der Waals surface area contributed by atoms with Gasteiger partial charge in [0, 0.05) is 30.2 Å². The number of hydrogen-bond acceptors (Lipinski definition) is 7. The molecule has 0 aliphatic heterocycles. The normalized spacial score (nSPS) is 10.3. The van der Waals surface area contributed by atoms with Crippen LogP contribution in [0.15, 0.2) is 60.7 Å². The summed E-state index contributed by atoms with van der Waals surface area (Å²) >= 11 is 0. The summed E-state index contributed by atoms with van der Waals surface area (Å²) in [4.78, 5) is 36.4. The Morgan fingerprint density at radius 2 is 1.61 bits per heavy atom. The maximum atomic E-state index is 13.1. The number of benzene rings is 3. The number of hydrogen-bond donors (Lipinski definition) is 3. The maximum absolute atomic E-state index is 13.1. The number of methoxy groups -OCH3 is 2. The molecule has 0 radical (unpaired) electrons. The second-order valence-electron chi connectivity index (χ2n) is 7.55. The van der Waals surface area contributed by atoms with Crippen molar-refractivity contribution in [3.8, 4) is 11.5 Å². The van der Waals surface area contributed by atoms with Crippen molar-refractivity contribution in [2.45, 2.75) is 6.92 Å². The molecule has 36 heavy (non-hydrogen) atoms. The lowest BCUT2D eigenvalue weighted by Gasteiger charge is -2.14. The zero-order valence-electron chi connectivity index (χ0n) is 20.0. The molecule has 0 spiro atoms. The minimum atomic E-state index is -0.725. The molecular weight excluding hydrogens is 468 g/mol. The zero-order valence-corrected chi connectivity index (χ0v) is 20.0. The predicted molar refractivity (Wildman–Crippen MR) is 135 cm³/mol. The Balaban J connectivity index is 1.81. The van der Waals surface area contributed by atoms with Crippen LogP contribution in [0.4, 0.5) is 27.5 Å². The maximum Gasteiger partial charge on any atom is 0.323 e. The quantitative estimate of drug-likeness (QED) is 0.208. The molecular formula is C25H26N4O7. The molecule has 3 rings (SSSR count). The summed E-state index contributed by atoms with van der Waals surface area (Å²) in [5, 5.41) is 19.8. The molecule has 188 valence electrons. The van der Waals surface area contributed by atoms with Gasteiger partial charge in [-0.25, -0.2) is 4.79 Å². The molecule has 0 bridgehead atoms. The van der Waals surface area contributed by atoms with E-state index in [4.69, 9.17) is 14.2 Å². The van der Waals surface area contributed by atoms with Gasteiger partial charge in [-0.05, 0) is 36.8 Å². The number of nitrogens with zero attached hydrogens (tertiary/aromatic N) is 1. The van der Waals surface area contributed by atoms with Crippen LogP contribution in [-0.2, 0) is 4.74 Å². The largest absolute Gasteiger partial charge is 0.493 e. The van der Waals surface area contributed by atoms with Gasteiger partial charge in [-0.2, -0.15) is 0 Å². The number of anilines is 3. The van der Waals surface area contributed by atoms with Crippen LogP contribution in [0.1, 0.15) is 15.9 Å². The van der Waals surface area contributed by atoms with E-state index in [1.165, 1.54) is 20.3 Å². The molecule has 3 N–H and O–H groups in total. The lowest BCUT2D eigenvalue weighted by molar-refractivity contribution is -0.385. The molecule has 0 saturated heterocycles. The topological polar surface area (TPSA) is 141 Å². The molecule has 11 nitrogen and oxygen atoms in total. The van der Waals surface area contributed by atoms with Gasteiger partial charge in [0.25, 0.3) is 11.6 Å². The fourth-order valence-electron chi connectivity index (χ4n) is 3.23. The molecule has 0 aliphatic carbocycles. The van der Waals surface area contributed by atoms with Crippen molar-refractivity contribution in [2.24, 2.45) is 0 Å². The van der Waals surface area contributed by atoms with E-state index >= 15 is 0 Å². The lowest BCUT2D eigenvalue weighted by Crippen LogP contribution is -2.20. The molecule has 3 aromatic rings. The van der Waals surface area contributed by atoms with Crippen LogP contribution in [0, 0.1) is 17.0 Å². The summed E-state index contributed by atoms with van der Waals surface area (Å²) in [7, 11) is 2.87. The van der Waals surface area contributed by atoms with Crippen LogP contribution in [0.5, 0.6) is 11.5 Å². The summed E-state index contributed by atoms with van der Waals surface area (Å²) in [5.74, 6) is -0.450. The van der Waals surface area contributed by atoms with Gasteiger partial charge >= 0.3 is 6.03 Å². The summed E-state index contributed by atoms with van der Waals surface area (Å²) in [6.45, 7) is 2.17. The molecule has 3 amide bonds. The fraction of sp³-hybridized carbons (Fsp3) is 0.200. The van der Waals surface area contributed by atoms with Gasteiger partial charge in [-0.15, -0.1) is 0 Å². The number of nitro groups is 1. The van der Waals surface area contributed by atoms with Crippen molar-refractivity contribution in [3.63, 3.8) is 0 Å². The lowest BCUT2D eigenvalue weighted by atomic mass is 10.1. The first kappa shape index (κ1) is 26.0. The third-order valence-corrected chi connectivity index (χ3v) is 5.04. The van der Waals surface area contributed by atoms with E-state index in [0.29, 0.717) is 22.6 Å². The molecule has 0 fully saturated rings. The van der Waals surface area contributed by atoms with E-state index in [9.17, 15) is 19.7 Å². The van der Waals surface area contributed by atoms with Crippen molar-refractivity contribution in [2.75, 3.05) is 43.4 Å². The van der Waals surface area contributed by atoms with Crippen molar-refractivity contribution in [1.82, 2.24) is 0 Å². The molecule has 0 unspecified atom stereocenters. The number of urea groups is 1. The number of rotatable bonds is 10. The van der Waals surface area contributed by atoms with Crippen LogP contribution in [0.25, 0.3) is 0 Å². The van der Waals surface area contributed by atoms with E-state index in [-0.39, 0.29) is 30.3 Å². The average Bonchev–Trinajstić information content (AvgIpc) is 2.86. The van der Waals surface area contributed by atoms with E-state index in [1.807, 2.05) is 6.07 Å². The minimum absolute atomic E-state index is 0.115. The fourth-order valence-corrected chi connectivity index (χ4v) is 3.23. The number of nitro benzene ring substituents is 1. The highest BCUT2D eigenvalue weighted by Crippen LogP contribution is 2.35. The third kappa shape index (κ3) is 6.70. The Bertz CT molecular complexity index is 1250. The van der Waals surface area contributed by atoms with Gasteiger partial charge in [0.05, 0.1) is 24.7 Å². The summed E-state index contributed by atoms with van der Waals surface area (Å²) < 4.78 is 15.7. The van der Waals surface area contributed by atoms with Crippen LogP contribution >= 0.6 is 0 Å². The number of nitrogens with one attached hydrogen (secondary N) is 3. The summed E-state index contributed by atoms with van der Waals surface area (Å²) in [6, 6.07) is 15.8. The first-order valence-corrected chi connectivity index (χ1v) is 10.9. The first-order valence-electron chi connectivity index (χ1n) is 10.9. The minimum Gasteiger partial charge on any atom is -0.493 e. The number of aryl methyl sites for hydroxylation is 1. The van der Waals surface area contributed by atoms with E-state index in [0.717, 1.165) is 6.07 Å². The SMILES string of the molecule is COCCOc1cc([N+](=O)[O-])c(C(=O)Nc2cc(NC(=O)Nc3ccccc3)ccc2C)cc1OC. The van der Waals surface area contributed by atoms with Gasteiger partial charge in [0.15, 0.2) is 11.5 Å². The van der Waals surface area contributed by atoms with E-state index < -0.39 is 22.5 Å². The number of carbonyl (C=O) groups excluding carboxylic acids is 2. The molecule has 0 heterocycles. The molecule has 11 heteroatoms. The second-order valence-corrected chi connectivity index (χ2v) is 7.55. The Morgan fingerprint density at radius 1 is 0.889 bits per heavy atom. The number of para-hydroxylation sites is 1. The van der Waals surface area contributed by atoms with E-state index in [1.54, 1.807) is 49.4 Å². The Kier molecular flexibility index (Phi) is 8.79. The number of amides is 3. The van der Waals surface area contributed by atoms with E-state index in [2.05, 4.69) is 16.0 Å². The van der Waals surface area contributed by atoms with Crippen LogP contribution in [0.3, 0.4) is 0 Å². The Labute approximate surface area is 207 Å². The van der Waals surface area contributed by atoms with Gasteiger partial charge in [-0.1, -0.05) is 24.3 Å². The highest BCUT2D eigenvalue weighted by molar-refractivity contribution is 6.08. The predicted octanol–water partition coefficient (Wildman–Crippen LogP) is 4.83. The highest BCUT2D eigenvalue weighted by Gasteiger charge is 2.25. The molecule has 3 aromatic carbocycles. The van der Waals surface area contributed by atoms with Gasteiger partial charge < -0.3 is 30.2 Å². The average molecular weight is 495 g/mol. The number of ether oxygens (including phenoxy) is 3. The van der Waals surface area contributed by atoms with Crippen molar-refractivity contribution in [3.05, 3.63) is 81.9 Å². The first-order chi connectivity index (χ1) is 17.3. The van der Waals surface area contributed by atoms with Crippen molar-refractivity contribution < 1.29 is 28.7 Å². The van der Waals surface area contributed by atoms with Crippen LogP contribution < -0.4 is 25.4 Å². The van der Waals surface area contributed by atoms with Gasteiger partial charge in [-0.3, -0.25) is 14.9 Å². The van der Waals surface area contributed by atoms with Crippen molar-refractivity contribution >= 4 is 34.7 Å². The van der Waals surface area contributed by atoms with Crippen molar-refractivity contribution in [1.29, 1.82) is 0 Å². The smallest absolute Gasteiger partial charge is 0.323 e. The molecule has 0 aromatic heterocycles. The summed E-state index contributed by atoms with van der Waals surface area (Å²) in [6.07, 6.45) is 0. The third-order valence-electron chi connectivity index (χ3n) is 5.04.